The van der Waals surface area contributed by atoms with E-state index in [1.165, 1.54) is 11.9 Å². The summed E-state index contributed by atoms with van der Waals surface area (Å²) in [5, 5.41) is 11.0. The zero-order valence-electron chi connectivity index (χ0n) is 8.04. The number of aliphatic hydroxyl groups is 1. The summed E-state index contributed by atoms with van der Waals surface area (Å²) in [7, 11) is 1.48. The van der Waals surface area contributed by atoms with Gasteiger partial charge in [-0.1, -0.05) is 6.92 Å². The van der Waals surface area contributed by atoms with Crippen molar-refractivity contribution < 1.29 is 14.7 Å². The Labute approximate surface area is 77.7 Å². The molecular weight excluding hydrogens is 172 g/mol. The second-order valence-electron chi connectivity index (χ2n) is 2.71. The highest BCUT2D eigenvalue weighted by molar-refractivity contribution is 6.34. The lowest BCUT2D eigenvalue weighted by Crippen LogP contribution is -2.42. The number of carbonyl (C=O) groups is 2. The molecule has 0 unspecified atom stereocenters. The number of aliphatic hydroxyl groups excluding tert-OH is 1. The van der Waals surface area contributed by atoms with Gasteiger partial charge in [0.25, 0.3) is 0 Å². The number of nitrogens with one attached hydrogen (secondary N) is 1. The third kappa shape index (κ3) is 4.47. The molecule has 5 heteroatoms. The fraction of sp³-hybridized carbons (Fsp3) is 0.750. The Bertz CT molecular complexity index is 182. The van der Waals surface area contributed by atoms with Gasteiger partial charge in [-0.15, -0.1) is 0 Å². The lowest BCUT2D eigenvalue weighted by molar-refractivity contribution is -0.145. The zero-order chi connectivity index (χ0) is 10.3. The number of nitrogens with zero attached hydrogens (tertiary/aromatic N) is 1. The third-order valence-electron chi connectivity index (χ3n) is 1.51. The van der Waals surface area contributed by atoms with Crippen LogP contribution in [0.4, 0.5) is 0 Å². The molecule has 0 aromatic carbocycles. The second-order valence-corrected chi connectivity index (χ2v) is 2.71. The molecule has 76 valence electrons. The standard InChI is InChI=1S/C8H16N2O3/c1-3-4-9-7(12)8(13)10(2)5-6-11/h11H,3-6H2,1-2H3,(H,9,12). The minimum absolute atomic E-state index is 0.136. The van der Waals surface area contributed by atoms with Gasteiger partial charge >= 0.3 is 11.8 Å². The van der Waals surface area contributed by atoms with Gasteiger partial charge in [-0.3, -0.25) is 9.59 Å². The zero-order valence-corrected chi connectivity index (χ0v) is 8.04. The lowest BCUT2D eigenvalue weighted by Gasteiger charge is -2.14. The van der Waals surface area contributed by atoms with E-state index in [4.69, 9.17) is 5.11 Å². The first-order valence-electron chi connectivity index (χ1n) is 4.27. The Kier molecular flexibility index (Phi) is 5.88. The molecule has 0 saturated carbocycles. The van der Waals surface area contributed by atoms with Gasteiger partial charge in [0, 0.05) is 20.1 Å². The Morgan fingerprint density at radius 1 is 1.46 bits per heavy atom. The fourth-order valence-corrected chi connectivity index (χ4v) is 0.739. The van der Waals surface area contributed by atoms with Crippen LogP contribution < -0.4 is 5.32 Å². The van der Waals surface area contributed by atoms with E-state index in [9.17, 15) is 9.59 Å². The van der Waals surface area contributed by atoms with Crippen molar-refractivity contribution in [1.29, 1.82) is 0 Å². The summed E-state index contributed by atoms with van der Waals surface area (Å²) in [6.07, 6.45) is 0.794. The van der Waals surface area contributed by atoms with E-state index in [0.29, 0.717) is 6.54 Å². The van der Waals surface area contributed by atoms with Crippen LogP contribution in [-0.4, -0.2) is 48.6 Å². The van der Waals surface area contributed by atoms with Gasteiger partial charge in [-0.05, 0) is 6.42 Å². The van der Waals surface area contributed by atoms with Gasteiger partial charge in [0.1, 0.15) is 0 Å². The highest BCUT2D eigenvalue weighted by atomic mass is 16.3. The smallest absolute Gasteiger partial charge is 0.311 e. The summed E-state index contributed by atoms with van der Waals surface area (Å²) >= 11 is 0. The van der Waals surface area contributed by atoms with Crippen LogP contribution in [-0.2, 0) is 9.59 Å². The number of amides is 2. The summed E-state index contributed by atoms with van der Waals surface area (Å²) in [4.78, 5) is 23.4. The van der Waals surface area contributed by atoms with E-state index in [1.807, 2.05) is 6.92 Å². The molecule has 0 heterocycles. The number of hydrogen-bond donors (Lipinski definition) is 2. The minimum Gasteiger partial charge on any atom is -0.395 e. The Morgan fingerprint density at radius 3 is 2.54 bits per heavy atom. The normalized spacial score (nSPS) is 9.46. The predicted molar refractivity (Wildman–Crippen MR) is 48.0 cm³/mol. The van der Waals surface area contributed by atoms with Gasteiger partial charge in [-0.2, -0.15) is 0 Å². The summed E-state index contributed by atoms with van der Waals surface area (Å²) in [5.74, 6) is -1.22. The first kappa shape index (κ1) is 11.9. The van der Waals surface area contributed by atoms with E-state index in [1.54, 1.807) is 0 Å². The number of likely N-dealkylation sites (N-methyl/N-ethyl adjacent to an activating group) is 1. The first-order valence-corrected chi connectivity index (χ1v) is 4.27. The summed E-state index contributed by atoms with van der Waals surface area (Å²) in [5.41, 5.74) is 0. The van der Waals surface area contributed by atoms with Gasteiger partial charge in [0.05, 0.1) is 6.61 Å². The highest BCUT2D eigenvalue weighted by Crippen LogP contribution is 1.84. The van der Waals surface area contributed by atoms with Crippen molar-refractivity contribution in [3.05, 3.63) is 0 Å². The lowest BCUT2D eigenvalue weighted by atomic mass is 10.4. The summed E-state index contributed by atoms with van der Waals surface area (Å²) in [6, 6.07) is 0. The molecule has 0 fully saturated rings. The molecule has 13 heavy (non-hydrogen) atoms. The third-order valence-corrected chi connectivity index (χ3v) is 1.51. The van der Waals surface area contributed by atoms with Gasteiger partial charge in [-0.25, -0.2) is 0 Å². The largest absolute Gasteiger partial charge is 0.395 e. The molecule has 0 saturated heterocycles. The van der Waals surface area contributed by atoms with E-state index in [2.05, 4.69) is 5.32 Å². The molecule has 0 bridgehead atoms. The molecule has 0 spiro atoms. The van der Waals surface area contributed by atoms with Crippen molar-refractivity contribution in [3.63, 3.8) is 0 Å². The van der Waals surface area contributed by atoms with Gasteiger partial charge in [0.15, 0.2) is 0 Å². The molecule has 0 atom stereocenters. The van der Waals surface area contributed by atoms with Crippen molar-refractivity contribution >= 4 is 11.8 Å². The number of hydrogen-bond acceptors (Lipinski definition) is 3. The van der Waals surface area contributed by atoms with Crippen molar-refractivity contribution in [2.24, 2.45) is 0 Å². The molecule has 2 N–H and O–H groups in total. The highest BCUT2D eigenvalue weighted by Gasteiger charge is 2.16. The maximum atomic E-state index is 11.1. The van der Waals surface area contributed by atoms with Crippen molar-refractivity contribution in [2.75, 3.05) is 26.7 Å². The molecule has 0 radical (unpaired) electrons. The maximum Gasteiger partial charge on any atom is 0.311 e. The van der Waals surface area contributed by atoms with Gasteiger partial charge < -0.3 is 15.3 Å². The van der Waals surface area contributed by atoms with Gasteiger partial charge in [0.2, 0.25) is 0 Å². The molecule has 2 amide bonds. The fourth-order valence-electron chi connectivity index (χ4n) is 0.739. The summed E-state index contributed by atoms with van der Waals surface area (Å²) in [6.45, 7) is 2.45. The van der Waals surface area contributed by atoms with E-state index >= 15 is 0 Å². The average Bonchev–Trinajstić information content (AvgIpc) is 2.13. The number of carbonyl (C=O) groups excluding carboxylic acids is 2. The molecule has 0 aliphatic carbocycles. The molecule has 0 aromatic rings. The number of rotatable bonds is 4. The maximum absolute atomic E-state index is 11.1. The van der Waals surface area contributed by atoms with E-state index in [0.717, 1.165) is 6.42 Å². The Hall–Kier alpha value is -1.10. The quantitative estimate of drug-likeness (QED) is 0.554. The van der Waals surface area contributed by atoms with Crippen LogP contribution in [0.5, 0.6) is 0 Å². The minimum atomic E-state index is -0.613. The van der Waals surface area contributed by atoms with Crippen LogP contribution in [0.15, 0.2) is 0 Å². The molecule has 0 aliphatic rings. The van der Waals surface area contributed by atoms with Crippen LogP contribution in [0.3, 0.4) is 0 Å². The first-order chi connectivity index (χ1) is 6.13. The van der Waals surface area contributed by atoms with E-state index in [-0.39, 0.29) is 13.2 Å². The predicted octanol–water partition coefficient (Wildman–Crippen LogP) is -1.04. The second kappa shape index (κ2) is 6.42. The van der Waals surface area contributed by atoms with Crippen molar-refractivity contribution in [3.8, 4) is 0 Å². The molecular formula is C8H16N2O3. The van der Waals surface area contributed by atoms with Crippen LogP contribution in [0, 0.1) is 0 Å². The van der Waals surface area contributed by atoms with Crippen molar-refractivity contribution in [2.45, 2.75) is 13.3 Å². The van der Waals surface area contributed by atoms with Crippen LogP contribution in [0.2, 0.25) is 0 Å². The monoisotopic (exact) mass is 188 g/mol. The van der Waals surface area contributed by atoms with Crippen LogP contribution >= 0.6 is 0 Å². The molecule has 5 nitrogen and oxygen atoms in total. The topological polar surface area (TPSA) is 69.6 Å². The van der Waals surface area contributed by atoms with Crippen LogP contribution in [0.1, 0.15) is 13.3 Å². The Balaban J connectivity index is 3.87. The van der Waals surface area contributed by atoms with Crippen LogP contribution in [0.25, 0.3) is 0 Å². The summed E-state index contributed by atoms with van der Waals surface area (Å²) < 4.78 is 0. The Morgan fingerprint density at radius 2 is 2.08 bits per heavy atom. The average molecular weight is 188 g/mol. The van der Waals surface area contributed by atoms with Crippen molar-refractivity contribution in [1.82, 2.24) is 10.2 Å². The molecule has 0 aliphatic heterocycles. The van der Waals surface area contributed by atoms with E-state index < -0.39 is 11.8 Å². The molecule has 0 aromatic heterocycles. The molecule has 0 rings (SSSR count). The SMILES string of the molecule is CCCNC(=O)C(=O)N(C)CCO.